The number of anilines is 5. The van der Waals surface area contributed by atoms with Crippen molar-refractivity contribution in [1.29, 1.82) is 0 Å². The number of rotatable bonds is 20. The van der Waals surface area contributed by atoms with Gasteiger partial charge in [-0.05, 0) is 260 Å². The van der Waals surface area contributed by atoms with Gasteiger partial charge >= 0.3 is 0 Å². The molecule has 0 aliphatic heterocycles. The van der Waals surface area contributed by atoms with Crippen LogP contribution in [0, 0.1) is 5.92 Å². The number of benzene rings is 24. The van der Waals surface area contributed by atoms with Gasteiger partial charge in [0.15, 0.2) is 0 Å². The van der Waals surface area contributed by atoms with Gasteiger partial charge in [0, 0.05) is 45.0 Å². The molecule has 0 amide bonds. The lowest BCUT2D eigenvalue weighted by Crippen LogP contribution is -2.28. The van der Waals surface area contributed by atoms with Crippen molar-refractivity contribution in [2.75, 3.05) is 9.80 Å². The monoisotopic (exact) mass is 1880 g/mol. The highest BCUT2D eigenvalue weighted by Crippen LogP contribution is 2.61. The number of nitrogens with zero attached hydrogens (tertiary/aromatic N) is 2. The summed E-state index contributed by atoms with van der Waals surface area (Å²) in [4.78, 5) is 5.15. The first-order valence-electron chi connectivity index (χ1n) is 51.8. The van der Waals surface area contributed by atoms with E-state index < -0.39 is 5.41 Å². The molecule has 0 saturated carbocycles. The van der Waals surface area contributed by atoms with Crippen LogP contribution in [-0.2, 0) is 10.8 Å². The maximum Gasteiger partial charge on any atom is 0.0713 e. The van der Waals surface area contributed by atoms with Gasteiger partial charge < -0.3 is 9.80 Å². The second-order valence-corrected chi connectivity index (χ2v) is 40.0. The van der Waals surface area contributed by atoms with E-state index in [2.05, 4.69) is 594 Å². The van der Waals surface area contributed by atoms with Gasteiger partial charge in [0.2, 0.25) is 0 Å². The molecule has 148 heavy (non-hydrogen) atoms. The third-order valence-corrected chi connectivity index (χ3v) is 32.0. The van der Waals surface area contributed by atoms with E-state index >= 15 is 0 Å². The Morgan fingerprint density at radius 1 is 0.209 bits per heavy atom. The van der Waals surface area contributed by atoms with Gasteiger partial charge in [0.1, 0.15) is 0 Å². The second-order valence-electron chi connectivity index (χ2n) is 40.0. The smallest absolute Gasteiger partial charge is 0.0713 e. The first-order chi connectivity index (χ1) is 73.2. The van der Waals surface area contributed by atoms with Crippen molar-refractivity contribution in [2.24, 2.45) is 5.92 Å². The predicted octanol–water partition coefficient (Wildman–Crippen LogP) is 39.1. The number of hydrogen-bond donors (Lipinski definition) is 0. The molecule has 3 unspecified atom stereocenters. The summed E-state index contributed by atoms with van der Waals surface area (Å²) in [7, 11) is 0. The standard InChI is InChI=1S/C146H102N2/c1-97-92-114(87-91-115(97)107-84-90-127-126-59-24-29-74-135(126)146(137(127)94-107,111-55-20-8-21-56-111)112-57-22-9-23-58-112)148(139-77-31-27-61-129(139)131-72-36-52-105-50-34-67-122(143(105)131)101-46-16-6-17-47-101)141-96-109(83-89-120(141)99-42-12-4-13-43-99)118-63-32-48-102-78-79-106(93-133(102)118)116-64-37-70-125-117(65-38-69-124(116)125)108-82-88-119(98-40-10-3-11-41-98)140(95-108)147(138-76-30-26-60-128(138)130-71-35-51-104-49-33-66-121(142(104)130)100-44-14-5-15-45-100)113-85-80-103(81-86-113)123-68-39-75-136-144(123)132-62-25-28-73-134(132)145(136,2)110-53-18-7-19-54-110/h3-97,115H,1-2H3. The molecule has 0 saturated heterocycles. The molecule has 0 N–H and O–H groups in total. The topological polar surface area (TPSA) is 6.48 Å². The summed E-state index contributed by atoms with van der Waals surface area (Å²) in [5, 5.41) is 9.43. The van der Waals surface area contributed by atoms with Crippen molar-refractivity contribution in [3.8, 4) is 134 Å². The summed E-state index contributed by atoms with van der Waals surface area (Å²) in [6.45, 7) is 4.84. The molecule has 0 heterocycles. The van der Waals surface area contributed by atoms with Crippen LogP contribution >= 0.6 is 0 Å². The third kappa shape index (κ3) is 14.8. The predicted molar refractivity (Wildman–Crippen MR) is 624 cm³/mol. The molecular weight excluding hydrogens is 1780 g/mol. The van der Waals surface area contributed by atoms with Crippen molar-refractivity contribution in [2.45, 2.75) is 30.6 Å². The van der Waals surface area contributed by atoms with Crippen LogP contribution in [0.1, 0.15) is 64.3 Å². The van der Waals surface area contributed by atoms with E-state index in [1.807, 2.05) is 0 Å². The minimum atomic E-state index is -0.537. The Balaban J connectivity index is 0.607. The fourth-order valence-electron chi connectivity index (χ4n) is 25.1. The normalized spacial score (nSPS) is 14.6. The van der Waals surface area contributed by atoms with Crippen molar-refractivity contribution in [3.63, 3.8) is 0 Å². The lowest BCUT2D eigenvalue weighted by atomic mass is 9.67. The van der Waals surface area contributed by atoms with Crippen LogP contribution in [0.2, 0.25) is 0 Å². The number of para-hydroxylation sites is 2. The van der Waals surface area contributed by atoms with E-state index in [0.29, 0.717) is 0 Å². The van der Waals surface area contributed by atoms with Crippen LogP contribution in [0.4, 0.5) is 28.4 Å². The molecule has 3 aliphatic rings. The Hall–Kier alpha value is -18.6. The zero-order valence-corrected chi connectivity index (χ0v) is 82.3. The zero-order chi connectivity index (χ0) is 98.3. The van der Waals surface area contributed by atoms with Crippen LogP contribution in [0.3, 0.4) is 0 Å². The average molecular weight is 1880 g/mol. The molecule has 0 fully saturated rings. The highest BCUT2D eigenvalue weighted by molar-refractivity contribution is 6.14. The van der Waals surface area contributed by atoms with E-state index in [0.717, 1.165) is 139 Å². The second kappa shape index (κ2) is 37.0. The molecule has 27 rings (SSSR count). The molecule has 3 aliphatic carbocycles. The number of fused-ring (bicyclic) bond motifs is 10. The van der Waals surface area contributed by atoms with E-state index in [1.54, 1.807) is 0 Å². The molecule has 0 spiro atoms. The Kier molecular flexibility index (Phi) is 22.1. The summed E-state index contributed by atoms with van der Waals surface area (Å²) < 4.78 is 0. The van der Waals surface area contributed by atoms with E-state index in [-0.39, 0.29) is 17.3 Å². The maximum absolute atomic E-state index is 2.60. The minimum absolute atomic E-state index is 0.0436. The van der Waals surface area contributed by atoms with Crippen molar-refractivity contribution < 1.29 is 0 Å². The van der Waals surface area contributed by atoms with Gasteiger partial charge in [-0.15, -0.1) is 0 Å². The van der Waals surface area contributed by atoms with E-state index in [1.165, 1.54) is 116 Å². The van der Waals surface area contributed by atoms with E-state index in [9.17, 15) is 0 Å². The Labute approximate surface area is 865 Å². The maximum atomic E-state index is 2.60. The number of allylic oxidation sites excluding steroid dienone is 3. The van der Waals surface area contributed by atoms with Crippen LogP contribution in [0.25, 0.3) is 177 Å². The van der Waals surface area contributed by atoms with Crippen LogP contribution in [0.5, 0.6) is 0 Å². The Morgan fingerprint density at radius 3 is 1.11 bits per heavy atom. The van der Waals surface area contributed by atoms with Gasteiger partial charge in [-0.1, -0.05) is 529 Å². The lowest BCUT2D eigenvalue weighted by molar-refractivity contribution is 0.626. The van der Waals surface area contributed by atoms with E-state index in [4.69, 9.17) is 0 Å². The van der Waals surface area contributed by atoms with Gasteiger partial charge in [0.05, 0.1) is 28.2 Å². The number of hydrogen-bond acceptors (Lipinski definition) is 2. The molecule has 0 aromatic heterocycles. The van der Waals surface area contributed by atoms with Crippen molar-refractivity contribution in [3.05, 3.63) is 620 Å². The highest BCUT2D eigenvalue weighted by Gasteiger charge is 2.47. The van der Waals surface area contributed by atoms with Gasteiger partial charge in [-0.3, -0.25) is 0 Å². The first kappa shape index (κ1) is 88.3. The average Bonchev–Trinajstić information content (AvgIpc) is 1.54. The molecule has 24 aromatic rings. The minimum Gasteiger partial charge on any atom is -0.310 e. The van der Waals surface area contributed by atoms with Crippen molar-refractivity contribution in [1.82, 2.24) is 0 Å². The van der Waals surface area contributed by atoms with Crippen molar-refractivity contribution >= 4 is 71.5 Å². The summed E-state index contributed by atoms with van der Waals surface area (Å²) in [6.07, 6.45) is 7.50. The summed E-state index contributed by atoms with van der Waals surface area (Å²) in [5.41, 5.74) is 43.9. The fourth-order valence-corrected chi connectivity index (χ4v) is 25.1. The molecule has 0 radical (unpaired) electrons. The lowest BCUT2D eigenvalue weighted by Gasteiger charge is -2.35. The zero-order valence-electron chi connectivity index (χ0n) is 82.3. The largest absolute Gasteiger partial charge is 0.310 e. The molecule has 2 nitrogen and oxygen atoms in total. The molecular formula is C146H102N2. The van der Waals surface area contributed by atoms with Gasteiger partial charge in [-0.2, -0.15) is 0 Å². The molecule has 2 heteroatoms. The Morgan fingerprint density at radius 2 is 0.574 bits per heavy atom. The quantitative estimate of drug-likeness (QED) is 0.0750. The van der Waals surface area contributed by atoms with Crippen LogP contribution < -0.4 is 9.80 Å². The van der Waals surface area contributed by atoms with Crippen LogP contribution in [-0.4, -0.2) is 0 Å². The first-order valence-corrected chi connectivity index (χ1v) is 51.8. The SMILES string of the molecule is CC1C=C(N(c2cc(-c3cccc4ccc(-c5cccc6c(-c7ccc(-c8ccccc8)c(N(c8ccc(-c9cccc%10c9-c9ccccc9C%10(C)c9ccccc9)cc8)c8ccccc8-c8cccc9cccc(-c%10ccccc%10)c89)c7)cccc56)cc34)ccc2-c2ccccc2)c2ccccc2-c2cccc3cccc(-c4ccccc4)c23)C=CC1c1ccc2c(c1)C(c1ccccc1)(c1ccccc1)c1ccccc1-2. The summed E-state index contributed by atoms with van der Waals surface area (Å²) >= 11 is 0. The molecule has 24 aromatic carbocycles. The highest BCUT2D eigenvalue weighted by atomic mass is 15.2. The molecule has 0 bridgehead atoms. The van der Waals surface area contributed by atoms with Crippen LogP contribution in [0.15, 0.2) is 576 Å². The summed E-state index contributed by atoms with van der Waals surface area (Å²) in [6, 6.07) is 207. The van der Waals surface area contributed by atoms with Gasteiger partial charge in [0.25, 0.3) is 0 Å². The Bertz CT molecular complexity index is 9300. The molecule has 696 valence electrons. The fraction of sp³-hybridized carbons (Fsp3) is 0.0411. The summed E-state index contributed by atoms with van der Waals surface area (Å²) in [5.74, 6) is 0.0945. The van der Waals surface area contributed by atoms with Gasteiger partial charge in [-0.25, -0.2) is 0 Å². The third-order valence-electron chi connectivity index (χ3n) is 32.0. The molecule has 3 atom stereocenters.